The summed E-state index contributed by atoms with van der Waals surface area (Å²) in [7, 11) is 0. The van der Waals surface area contributed by atoms with Crippen LogP contribution in [0.1, 0.15) is 5.01 Å². The van der Waals surface area contributed by atoms with Gasteiger partial charge in [0.15, 0.2) is 0 Å². The van der Waals surface area contributed by atoms with Gasteiger partial charge < -0.3 is 9.84 Å². The lowest BCUT2D eigenvalue weighted by Gasteiger charge is -2.09. The molecular formula is C20H16FN3O2S. The Bertz CT molecular complexity index is 1060. The fourth-order valence-electron chi connectivity index (χ4n) is 2.97. The van der Waals surface area contributed by atoms with Crippen molar-refractivity contribution < 1.29 is 14.2 Å². The van der Waals surface area contributed by atoms with Crippen LogP contribution in [0, 0.1) is 6.92 Å². The van der Waals surface area contributed by atoms with Gasteiger partial charge in [0, 0.05) is 5.56 Å². The molecule has 0 amide bonds. The number of aromatic hydroxyl groups is 1. The smallest absolute Gasteiger partial charge is 0.244 e. The third-order valence-corrected chi connectivity index (χ3v) is 4.82. The highest BCUT2D eigenvalue weighted by atomic mass is 32.1. The van der Waals surface area contributed by atoms with Gasteiger partial charge in [0.25, 0.3) is 0 Å². The van der Waals surface area contributed by atoms with Crippen LogP contribution in [0.3, 0.4) is 0 Å². The van der Waals surface area contributed by atoms with Gasteiger partial charge >= 0.3 is 0 Å². The van der Waals surface area contributed by atoms with Crippen LogP contribution >= 0.6 is 11.3 Å². The van der Waals surface area contributed by atoms with Gasteiger partial charge in [-0.1, -0.05) is 72.0 Å². The van der Waals surface area contributed by atoms with Gasteiger partial charge in [0.2, 0.25) is 23.6 Å². The zero-order chi connectivity index (χ0) is 18.8. The summed E-state index contributed by atoms with van der Waals surface area (Å²) in [6, 6.07) is 19.1. The van der Waals surface area contributed by atoms with Gasteiger partial charge in [0.1, 0.15) is 0 Å². The third kappa shape index (κ3) is 3.17. The molecule has 4 aromatic rings. The number of hydrogen-bond acceptors (Lipinski definition) is 5. The van der Waals surface area contributed by atoms with E-state index in [1.54, 1.807) is 6.92 Å². The normalized spacial score (nSPS) is 10.9. The number of rotatable bonds is 5. The van der Waals surface area contributed by atoms with E-state index in [0.29, 0.717) is 22.1 Å². The molecule has 7 heteroatoms. The number of benzene rings is 2. The lowest BCUT2D eigenvalue weighted by Crippen LogP contribution is -2.01. The van der Waals surface area contributed by atoms with Crippen molar-refractivity contribution in [2.75, 3.05) is 6.86 Å². The lowest BCUT2D eigenvalue weighted by atomic mass is 10.0. The summed E-state index contributed by atoms with van der Waals surface area (Å²) < 4.78 is 19.8. The number of halogens is 1. The average molecular weight is 381 g/mol. The van der Waals surface area contributed by atoms with Crippen molar-refractivity contribution in [3.63, 3.8) is 0 Å². The number of hydrogen-bond donors (Lipinski definition) is 1. The van der Waals surface area contributed by atoms with Crippen molar-refractivity contribution in [1.82, 2.24) is 14.8 Å². The van der Waals surface area contributed by atoms with Gasteiger partial charge in [-0.25, -0.2) is 14.1 Å². The Balaban J connectivity index is 2.06. The second-order valence-electron chi connectivity index (χ2n) is 5.79. The number of nitrogens with zero attached hydrogens (tertiary/aromatic N) is 3. The largest absolute Gasteiger partial charge is 0.497 e. The molecule has 0 aliphatic rings. The van der Waals surface area contributed by atoms with Crippen LogP contribution in [0.2, 0.25) is 0 Å². The molecule has 5 nitrogen and oxygen atoms in total. The van der Waals surface area contributed by atoms with Crippen LogP contribution in [0.15, 0.2) is 60.7 Å². The van der Waals surface area contributed by atoms with Gasteiger partial charge in [-0.15, -0.1) is 5.10 Å². The first kappa shape index (κ1) is 17.2. The molecular weight excluding hydrogens is 365 g/mol. The minimum Gasteiger partial charge on any atom is -0.497 e. The summed E-state index contributed by atoms with van der Waals surface area (Å²) in [5.74, 6) is 0.440. The topological polar surface area (TPSA) is 60.2 Å². The number of alkyl halides is 1. The third-order valence-electron chi connectivity index (χ3n) is 4.05. The molecule has 0 aliphatic carbocycles. The molecule has 0 saturated heterocycles. The zero-order valence-corrected chi connectivity index (χ0v) is 15.3. The zero-order valence-electron chi connectivity index (χ0n) is 14.5. The Hall–Kier alpha value is -3.19. The Morgan fingerprint density at radius 3 is 2.22 bits per heavy atom. The van der Waals surface area contributed by atoms with Crippen molar-refractivity contribution in [3.8, 4) is 39.1 Å². The lowest BCUT2D eigenvalue weighted by molar-refractivity contribution is 0.184. The van der Waals surface area contributed by atoms with Crippen LogP contribution in [-0.4, -0.2) is 26.7 Å². The van der Waals surface area contributed by atoms with E-state index in [-0.39, 0.29) is 10.9 Å². The Kier molecular flexibility index (Phi) is 4.60. The fraction of sp³-hybridized carbons (Fsp3) is 0.100. The van der Waals surface area contributed by atoms with E-state index in [9.17, 15) is 9.50 Å². The SMILES string of the molecule is Cc1nc(-n2nc(OCF)c(-c3ccccc3)c2-c2ccccc2)c(O)s1. The van der Waals surface area contributed by atoms with Crippen LogP contribution in [-0.2, 0) is 0 Å². The second kappa shape index (κ2) is 7.20. The monoisotopic (exact) mass is 381 g/mol. The highest BCUT2D eigenvalue weighted by Crippen LogP contribution is 2.42. The summed E-state index contributed by atoms with van der Waals surface area (Å²) in [6.07, 6.45) is 0. The Morgan fingerprint density at radius 1 is 1.04 bits per heavy atom. The van der Waals surface area contributed by atoms with E-state index < -0.39 is 6.86 Å². The maximum atomic E-state index is 13.1. The maximum Gasteiger partial charge on any atom is 0.244 e. The van der Waals surface area contributed by atoms with E-state index in [0.717, 1.165) is 22.5 Å². The molecule has 2 heterocycles. The minimum atomic E-state index is -1.01. The standard InChI is InChI=1S/C20H16FN3O2S/c1-13-22-18(20(25)27-13)24-17(15-10-6-3-7-11-15)16(19(23-24)26-12-21)14-8-4-2-5-9-14/h2-11,25H,12H2,1H3. The van der Waals surface area contributed by atoms with Crippen molar-refractivity contribution in [2.24, 2.45) is 0 Å². The molecule has 0 saturated carbocycles. The second-order valence-corrected chi connectivity index (χ2v) is 6.97. The van der Waals surface area contributed by atoms with Crippen LogP contribution in [0.5, 0.6) is 10.9 Å². The van der Waals surface area contributed by atoms with Gasteiger partial charge in [-0.3, -0.25) is 0 Å². The Labute approximate surface area is 159 Å². The molecule has 0 spiro atoms. The highest BCUT2D eigenvalue weighted by molar-refractivity contribution is 7.13. The summed E-state index contributed by atoms with van der Waals surface area (Å²) in [4.78, 5) is 4.39. The number of thiazole rings is 1. The summed E-state index contributed by atoms with van der Waals surface area (Å²) in [5, 5.41) is 15.5. The first-order chi connectivity index (χ1) is 13.2. The molecule has 0 radical (unpaired) electrons. The highest BCUT2D eigenvalue weighted by Gasteiger charge is 2.25. The van der Waals surface area contributed by atoms with Crippen molar-refractivity contribution in [1.29, 1.82) is 0 Å². The van der Waals surface area contributed by atoms with Crippen molar-refractivity contribution in [3.05, 3.63) is 65.7 Å². The maximum absolute atomic E-state index is 13.1. The quantitative estimate of drug-likeness (QED) is 0.529. The van der Waals surface area contributed by atoms with Crippen LogP contribution < -0.4 is 4.74 Å². The van der Waals surface area contributed by atoms with Gasteiger partial charge in [0.05, 0.1) is 16.3 Å². The summed E-state index contributed by atoms with van der Waals surface area (Å²) in [6.45, 7) is 0.795. The predicted octanol–water partition coefficient (Wildman–Crippen LogP) is 4.98. The van der Waals surface area contributed by atoms with Gasteiger partial charge in [-0.2, -0.15) is 0 Å². The summed E-state index contributed by atoms with van der Waals surface area (Å²) in [5.41, 5.74) is 3.00. The summed E-state index contributed by atoms with van der Waals surface area (Å²) >= 11 is 1.16. The first-order valence-electron chi connectivity index (χ1n) is 8.28. The van der Waals surface area contributed by atoms with Crippen molar-refractivity contribution >= 4 is 11.3 Å². The Morgan fingerprint density at radius 2 is 1.67 bits per heavy atom. The van der Waals surface area contributed by atoms with E-state index >= 15 is 0 Å². The molecule has 2 aromatic carbocycles. The molecule has 0 bridgehead atoms. The van der Waals surface area contributed by atoms with Crippen molar-refractivity contribution in [2.45, 2.75) is 6.92 Å². The van der Waals surface area contributed by atoms with Crippen LogP contribution in [0.25, 0.3) is 28.2 Å². The predicted molar refractivity (Wildman–Crippen MR) is 103 cm³/mol. The molecule has 27 heavy (non-hydrogen) atoms. The average Bonchev–Trinajstić information content (AvgIpc) is 3.22. The molecule has 1 N–H and O–H groups in total. The van der Waals surface area contributed by atoms with Gasteiger partial charge in [-0.05, 0) is 12.5 Å². The van der Waals surface area contributed by atoms with Crippen LogP contribution in [0.4, 0.5) is 4.39 Å². The molecule has 0 aliphatic heterocycles. The van der Waals surface area contributed by atoms with E-state index in [1.165, 1.54) is 4.68 Å². The number of ether oxygens (including phenoxy) is 1. The van der Waals surface area contributed by atoms with E-state index in [4.69, 9.17) is 4.74 Å². The molecule has 2 aromatic heterocycles. The fourth-order valence-corrected chi connectivity index (χ4v) is 3.61. The number of aromatic nitrogens is 3. The molecule has 0 fully saturated rings. The molecule has 4 rings (SSSR count). The minimum absolute atomic E-state index is 0.0404. The van der Waals surface area contributed by atoms with E-state index in [2.05, 4.69) is 10.1 Å². The molecule has 136 valence electrons. The van der Waals surface area contributed by atoms with E-state index in [1.807, 2.05) is 60.7 Å². The number of aryl methyl sites for hydroxylation is 1. The molecule has 0 atom stereocenters. The molecule has 0 unspecified atom stereocenters. The first-order valence-corrected chi connectivity index (χ1v) is 9.10.